The molecule has 0 aliphatic carbocycles. The van der Waals surface area contributed by atoms with Crippen LogP contribution in [0.3, 0.4) is 0 Å². The van der Waals surface area contributed by atoms with Crippen molar-refractivity contribution < 1.29 is 9.32 Å². The summed E-state index contributed by atoms with van der Waals surface area (Å²) < 4.78 is 5.00. The summed E-state index contributed by atoms with van der Waals surface area (Å²) in [5, 5.41) is 9.64. The Morgan fingerprint density at radius 3 is 2.67 bits per heavy atom. The first kappa shape index (κ1) is 18.4. The number of anilines is 2. The lowest BCUT2D eigenvalue weighted by Gasteiger charge is -2.27. The van der Waals surface area contributed by atoms with Gasteiger partial charge in [0.2, 0.25) is 11.7 Å². The van der Waals surface area contributed by atoms with Gasteiger partial charge in [0.05, 0.1) is 0 Å². The van der Waals surface area contributed by atoms with Gasteiger partial charge in [-0.3, -0.25) is 0 Å². The predicted molar refractivity (Wildman–Crippen MR) is 106 cm³/mol. The number of amides is 2. The van der Waals surface area contributed by atoms with Gasteiger partial charge in [-0.05, 0) is 31.2 Å². The van der Waals surface area contributed by atoms with Gasteiger partial charge in [0.15, 0.2) is 0 Å². The number of para-hydroxylation sites is 1. The van der Waals surface area contributed by atoms with E-state index in [1.54, 1.807) is 6.92 Å². The van der Waals surface area contributed by atoms with E-state index in [0.717, 1.165) is 11.3 Å². The molecule has 140 valence electrons. The summed E-state index contributed by atoms with van der Waals surface area (Å²) >= 11 is 0. The van der Waals surface area contributed by atoms with Crippen molar-refractivity contribution in [1.29, 1.82) is 0 Å². The summed E-state index contributed by atoms with van der Waals surface area (Å²) in [5.74, 6) is 0.993. The number of hydrogen-bond donors (Lipinski definition) is 2. The van der Waals surface area contributed by atoms with Crippen LogP contribution in [0.4, 0.5) is 16.2 Å². The molecule has 0 aliphatic rings. The molecule has 7 heteroatoms. The van der Waals surface area contributed by atoms with Crippen molar-refractivity contribution in [2.45, 2.75) is 19.9 Å². The van der Waals surface area contributed by atoms with E-state index in [1.807, 2.05) is 61.6 Å². The molecule has 0 saturated heterocycles. The van der Waals surface area contributed by atoms with E-state index < -0.39 is 0 Å². The van der Waals surface area contributed by atoms with Crippen LogP contribution in [-0.2, 0) is 0 Å². The Morgan fingerprint density at radius 2 is 1.96 bits per heavy atom. The predicted octanol–water partition coefficient (Wildman–Crippen LogP) is 3.69. The Labute approximate surface area is 158 Å². The van der Waals surface area contributed by atoms with Crippen LogP contribution < -0.4 is 15.5 Å². The Morgan fingerprint density at radius 1 is 1.19 bits per heavy atom. The number of carbonyl (C=O) groups is 1. The van der Waals surface area contributed by atoms with Crippen LogP contribution in [-0.4, -0.2) is 35.8 Å². The number of nitrogens with one attached hydrogen (secondary N) is 2. The van der Waals surface area contributed by atoms with E-state index in [4.69, 9.17) is 4.52 Å². The van der Waals surface area contributed by atoms with Crippen molar-refractivity contribution in [1.82, 2.24) is 15.5 Å². The minimum absolute atomic E-state index is 0.145. The average Bonchev–Trinajstić information content (AvgIpc) is 3.13. The zero-order chi connectivity index (χ0) is 19.2. The second kappa shape index (κ2) is 8.35. The van der Waals surface area contributed by atoms with Gasteiger partial charge >= 0.3 is 6.03 Å². The molecule has 1 heterocycles. The highest BCUT2D eigenvalue weighted by molar-refractivity contribution is 5.90. The zero-order valence-corrected chi connectivity index (χ0v) is 15.6. The summed E-state index contributed by atoms with van der Waals surface area (Å²) in [4.78, 5) is 18.6. The number of nitrogens with zero attached hydrogens (tertiary/aromatic N) is 3. The van der Waals surface area contributed by atoms with Gasteiger partial charge in [0.1, 0.15) is 0 Å². The second-order valence-electron chi connectivity index (χ2n) is 6.35. The molecule has 0 bridgehead atoms. The van der Waals surface area contributed by atoms with E-state index in [9.17, 15) is 4.79 Å². The molecular formula is C20H23N5O2. The maximum atomic E-state index is 12.2. The Hall–Kier alpha value is -3.35. The van der Waals surface area contributed by atoms with Gasteiger partial charge in [-0.15, -0.1) is 0 Å². The fraction of sp³-hybridized carbons (Fsp3) is 0.250. The van der Waals surface area contributed by atoms with Gasteiger partial charge in [0, 0.05) is 43.5 Å². The number of rotatable bonds is 6. The first-order valence-corrected chi connectivity index (χ1v) is 8.76. The molecule has 27 heavy (non-hydrogen) atoms. The van der Waals surface area contributed by atoms with Gasteiger partial charge in [-0.25, -0.2) is 4.79 Å². The highest BCUT2D eigenvalue weighted by atomic mass is 16.5. The quantitative estimate of drug-likeness (QED) is 0.696. The SMILES string of the molecule is Cc1nc(-c2cccc(NC(=O)NC[C@@H](C)N(C)c3ccccc3)c2)no1. The number of carbonyl (C=O) groups excluding carboxylic acids is 1. The molecule has 0 fully saturated rings. The third-order valence-corrected chi connectivity index (χ3v) is 4.29. The molecular weight excluding hydrogens is 342 g/mol. The maximum absolute atomic E-state index is 12.2. The topological polar surface area (TPSA) is 83.3 Å². The molecule has 0 saturated carbocycles. The van der Waals surface area contributed by atoms with Crippen LogP contribution in [0.25, 0.3) is 11.4 Å². The molecule has 7 nitrogen and oxygen atoms in total. The van der Waals surface area contributed by atoms with Crippen molar-refractivity contribution in [2.75, 3.05) is 23.8 Å². The van der Waals surface area contributed by atoms with E-state index in [0.29, 0.717) is 23.9 Å². The number of aryl methyl sites for hydroxylation is 1. The third-order valence-electron chi connectivity index (χ3n) is 4.29. The lowest BCUT2D eigenvalue weighted by atomic mass is 10.2. The molecule has 0 unspecified atom stereocenters. The normalized spacial score (nSPS) is 11.7. The molecule has 2 aromatic carbocycles. The first-order chi connectivity index (χ1) is 13.0. The maximum Gasteiger partial charge on any atom is 0.319 e. The Bertz CT molecular complexity index is 894. The highest BCUT2D eigenvalue weighted by Crippen LogP contribution is 2.20. The van der Waals surface area contributed by atoms with Crippen LogP contribution in [0.1, 0.15) is 12.8 Å². The minimum atomic E-state index is -0.259. The zero-order valence-electron chi connectivity index (χ0n) is 15.6. The number of aromatic nitrogens is 2. The summed E-state index contributed by atoms with van der Waals surface area (Å²) in [7, 11) is 2.01. The van der Waals surface area contributed by atoms with Crippen molar-refractivity contribution >= 4 is 17.4 Å². The van der Waals surface area contributed by atoms with Gasteiger partial charge in [-0.1, -0.05) is 35.5 Å². The van der Waals surface area contributed by atoms with Crippen molar-refractivity contribution in [3.63, 3.8) is 0 Å². The summed E-state index contributed by atoms with van der Waals surface area (Å²) in [5.41, 5.74) is 2.55. The Kier molecular flexibility index (Phi) is 5.71. The number of benzene rings is 2. The molecule has 3 aromatic rings. The molecule has 0 aliphatic heterocycles. The summed E-state index contributed by atoms with van der Waals surface area (Å²) in [6.45, 7) is 4.31. The van der Waals surface area contributed by atoms with E-state index >= 15 is 0 Å². The molecule has 3 rings (SSSR count). The average molecular weight is 365 g/mol. The molecule has 0 radical (unpaired) electrons. The van der Waals surface area contributed by atoms with Gasteiger partial charge < -0.3 is 20.1 Å². The third kappa shape index (κ3) is 4.84. The van der Waals surface area contributed by atoms with Crippen LogP contribution >= 0.6 is 0 Å². The van der Waals surface area contributed by atoms with Gasteiger partial charge in [0.25, 0.3) is 0 Å². The summed E-state index contributed by atoms with van der Waals surface area (Å²) in [6.07, 6.45) is 0. The largest absolute Gasteiger partial charge is 0.370 e. The molecule has 2 N–H and O–H groups in total. The fourth-order valence-corrected chi connectivity index (χ4v) is 2.62. The number of likely N-dealkylation sites (N-methyl/N-ethyl adjacent to an activating group) is 1. The van der Waals surface area contributed by atoms with Crippen LogP contribution in [0.15, 0.2) is 59.1 Å². The Balaban J connectivity index is 1.55. The molecule has 1 atom stereocenters. The first-order valence-electron chi connectivity index (χ1n) is 8.76. The van der Waals surface area contributed by atoms with E-state index in [2.05, 4.69) is 32.6 Å². The molecule has 1 aromatic heterocycles. The van der Waals surface area contributed by atoms with Crippen LogP contribution in [0.2, 0.25) is 0 Å². The number of hydrogen-bond acceptors (Lipinski definition) is 5. The molecule has 0 spiro atoms. The lowest BCUT2D eigenvalue weighted by molar-refractivity contribution is 0.251. The van der Waals surface area contributed by atoms with E-state index in [1.165, 1.54) is 0 Å². The van der Waals surface area contributed by atoms with Crippen LogP contribution in [0.5, 0.6) is 0 Å². The smallest absolute Gasteiger partial charge is 0.319 e. The van der Waals surface area contributed by atoms with Crippen LogP contribution in [0, 0.1) is 6.92 Å². The summed E-state index contributed by atoms with van der Waals surface area (Å²) in [6, 6.07) is 17.3. The standard InChI is InChI=1S/C20H23N5O2/c1-14(25(3)18-10-5-4-6-11-18)13-21-20(26)23-17-9-7-8-16(12-17)19-22-15(2)27-24-19/h4-12,14H,13H2,1-3H3,(H2,21,23,26)/t14-/m1/s1. The van der Waals surface area contributed by atoms with Crippen molar-refractivity contribution in [3.05, 3.63) is 60.5 Å². The fourth-order valence-electron chi connectivity index (χ4n) is 2.62. The lowest BCUT2D eigenvalue weighted by Crippen LogP contribution is -2.41. The highest BCUT2D eigenvalue weighted by Gasteiger charge is 2.12. The van der Waals surface area contributed by atoms with Crippen molar-refractivity contribution in [3.8, 4) is 11.4 Å². The minimum Gasteiger partial charge on any atom is -0.370 e. The number of urea groups is 1. The molecule has 2 amide bonds. The van der Waals surface area contributed by atoms with E-state index in [-0.39, 0.29) is 12.1 Å². The van der Waals surface area contributed by atoms with Gasteiger partial charge in [-0.2, -0.15) is 4.98 Å². The second-order valence-corrected chi connectivity index (χ2v) is 6.35. The monoisotopic (exact) mass is 365 g/mol. The van der Waals surface area contributed by atoms with Crippen molar-refractivity contribution in [2.24, 2.45) is 0 Å².